The Balaban J connectivity index is 1.93. The summed E-state index contributed by atoms with van der Waals surface area (Å²) in [5.74, 6) is 0.126. The SMILES string of the molecule is CCC(CC)Cn1cnc(-c2ccc(F)c(Cl)c2)c1-c1ccnc2[nH]ccc12. The smallest absolute Gasteiger partial charge is 0.141 e. The van der Waals surface area contributed by atoms with Gasteiger partial charge < -0.3 is 9.55 Å². The molecule has 1 N–H and O–H groups in total. The summed E-state index contributed by atoms with van der Waals surface area (Å²) in [4.78, 5) is 12.3. The zero-order valence-electron chi connectivity index (χ0n) is 15.9. The van der Waals surface area contributed by atoms with Crippen LogP contribution in [0.15, 0.2) is 49.1 Å². The van der Waals surface area contributed by atoms with Crippen LogP contribution in [0.4, 0.5) is 4.39 Å². The van der Waals surface area contributed by atoms with E-state index in [4.69, 9.17) is 16.6 Å². The van der Waals surface area contributed by atoms with Crippen LogP contribution >= 0.6 is 11.6 Å². The van der Waals surface area contributed by atoms with Gasteiger partial charge in [0.2, 0.25) is 0 Å². The third-order valence-electron chi connectivity index (χ3n) is 5.36. The lowest BCUT2D eigenvalue weighted by Crippen LogP contribution is -2.09. The van der Waals surface area contributed by atoms with E-state index in [1.54, 1.807) is 18.3 Å². The largest absolute Gasteiger partial charge is 0.346 e. The van der Waals surface area contributed by atoms with Gasteiger partial charge in [-0.2, -0.15) is 0 Å². The number of hydrogen-bond acceptors (Lipinski definition) is 2. The highest BCUT2D eigenvalue weighted by atomic mass is 35.5. The fraction of sp³-hybridized carbons (Fsp3) is 0.273. The van der Waals surface area contributed by atoms with E-state index in [2.05, 4.69) is 28.4 Å². The van der Waals surface area contributed by atoms with Gasteiger partial charge in [0.05, 0.1) is 22.7 Å². The Kier molecular flexibility index (Phi) is 5.18. The van der Waals surface area contributed by atoms with Gasteiger partial charge in [0.25, 0.3) is 0 Å². The molecule has 0 bridgehead atoms. The lowest BCUT2D eigenvalue weighted by Gasteiger charge is -2.17. The van der Waals surface area contributed by atoms with Gasteiger partial charge in [0.15, 0.2) is 0 Å². The molecular weight excluding hydrogens is 375 g/mol. The number of fused-ring (bicyclic) bond motifs is 1. The third kappa shape index (κ3) is 3.31. The molecule has 0 aliphatic carbocycles. The summed E-state index contributed by atoms with van der Waals surface area (Å²) in [6.45, 7) is 5.29. The highest BCUT2D eigenvalue weighted by Crippen LogP contribution is 2.36. The zero-order valence-corrected chi connectivity index (χ0v) is 16.7. The lowest BCUT2D eigenvalue weighted by atomic mass is 10.0. The van der Waals surface area contributed by atoms with Gasteiger partial charge in [0.1, 0.15) is 11.5 Å². The van der Waals surface area contributed by atoms with Gasteiger partial charge >= 0.3 is 0 Å². The summed E-state index contributed by atoms with van der Waals surface area (Å²) in [6, 6.07) is 8.78. The Hall–Kier alpha value is -2.66. The number of hydrogen-bond donors (Lipinski definition) is 1. The van der Waals surface area contributed by atoms with Crippen molar-refractivity contribution in [1.82, 2.24) is 19.5 Å². The standard InChI is InChI=1S/C22H22ClFN4/c1-3-14(4-2)12-28-13-27-20(15-5-6-19(24)18(23)11-15)21(28)16-7-9-25-22-17(16)8-10-26-22/h5-11,13-14H,3-4,12H2,1-2H3,(H,25,26). The van der Waals surface area contributed by atoms with Gasteiger partial charge in [-0.3, -0.25) is 0 Å². The molecular formula is C22H22ClFN4. The Morgan fingerprint density at radius 3 is 2.71 bits per heavy atom. The predicted octanol–water partition coefficient (Wildman–Crippen LogP) is 6.32. The number of pyridine rings is 1. The maximum absolute atomic E-state index is 13.7. The molecule has 144 valence electrons. The molecule has 28 heavy (non-hydrogen) atoms. The third-order valence-corrected chi connectivity index (χ3v) is 5.65. The van der Waals surface area contributed by atoms with E-state index < -0.39 is 5.82 Å². The number of nitrogens with one attached hydrogen (secondary N) is 1. The molecule has 0 aliphatic heterocycles. The van der Waals surface area contributed by atoms with E-state index in [0.717, 1.165) is 52.9 Å². The summed E-state index contributed by atoms with van der Waals surface area (Å²) in [7, 11) is 0. The van der Waals surface area contributed by atoms with Crippen LogP contribution in [0.25, 0.3) is 33.5 Å². The Morgan fingerprint density at radius 1 is 1.14 bits per heavy atom. The second-order valence-electron chi connectivity index (χ2n) is 7.00. The average Bonchev–Trinajstić information content (AvgIpc) is 3.35. The van der Waals surface area contributed by atoms with E-state index in [1.165, 1.54) is 6.07 Å². The van der Waals surface area contributed by atoms with Crippen LogP contribution in [-0.4, -0.2) is 19.5 Å². The van der Waals surface area contributed by atoms with Crippen molar-refractivity contribution in [2.75, 3.05) is 0 Å². The molecule has 1 aromatic carbocycles. The Morgan fingerprint density at radius 2 is 1.96 bits per heavy atom. The molecule has 0 unspecified atom stereocenters. The Labute approximate surface area is 168 Å². The van der Waals surface area contributed by atoms with E-state index in [9.17, 15) is 4.39 Å². The molecule has 4 aromatic rings. The van der Waals surface area contributed by atoms with Crippen molar-refractivity contribution in [3.63, 3.8) is 0 Å². The molecule has 0 fully saturated rings. The molecule has 6 heteroatoms. The van der Waals surface area contributed by atoms with E-state index in [-0.39, 0.29) is 5.02 Å². The first-order valence-electron chi connectivity index (χ1n) is 9.55. The van der Waals surface area contributed by atoms with E-state index in [0.29, 0.717) is 5.92 Å². The first-order chi connectivity index (χ1) is 13.6. The van der Waals surface area contributed by atoms with Gasteiger partial charge in [-0.15, -0.1) is 0 Å². The number of aromatic nitrogens is 4. The minimum absolute atomic E-state index is 0.0968. The van der Waals surface area contributed by atoms with Crippen LogP contribution in [0, 0.1) is 11.7 Å². The number of benzene rings is 1. The molecule has 0 saturated heterocycles. The zero-order chi connectivity index (χ0) is 19.7. The molecule has 4 nitrogen and oxygen atoms in total. The molecule has 0 aliphatic rings. The quantitative estimate of drug-likeness (QED) is 0.414. The van der Waals surface area contributed by atoms with Crippen molar-refractivity contribution in [2.45, 2.75) is 33.2 Å². The molecule has 3 aromatic heterocycles. The van der Waals surface area contributed by atoms with Crippen LogP contribution < -0.4 is 0 Å². The van der Waals surface area contributed by atoms with E-state index in [1.807, 2.05) is 24.7 Å². The van der Waals surface area contributed by atoms with Crippen molar-refractivity contribution >= 4 is 22.6 Å². The topological polar surface area (TPSA) is 46.5 Å². The van der Waals surface area contributed by atoms with Gasteiger partial charge in [-0.25, -0.2) is 14.4 Å². The predicted molar refractivity (Wildman–Crippen MR) is 112 cm³/mol. The van der Waals surface area contributed by atoms with E-state index >= 15 is 0 Å². The number of halogens is 2. The van der Waals surface area contributed by atoms with Crippen molar-refractivity contribution in [3.8, 4) is 22.5 Å². The number of aromatic amines is 1. The van der Waals surface area contributed by atoms with Crippen LogP contribution in [0.1, 0.15) is 26.7 Å². The summed E-state index contributed by atoms with van der Waals surface area (Å²) in [5, 5.41) is 1.13. The van der Waals surface area contributed by atoms with Crippen LogP contribution in [-0.2, 0) is 6.54 Å². The molecule has 4 rings (SSSR count). The van der Waals surface area contributed by atoms with Crippen molar-refractivity contribution in [3.05, 3.63) is 59.9 Å². The van der Waals surface area contributed by atoms with Gasteiger partial charge in [0, 0.05) is 35.5 Å². The van der Waals surface area contributed by atoms with Crippen LogP contribution in [0.5, 0.6) is 0 Å². The molecule has 0 spiro atoms. The molecule has 0 atom stereocenters. The fourth-order valence-corrected chi connectivity index (χ4v) is 3.83. The molecule has 0 amide bonds. The lowest BCUT2D eigenvalue weighted by molar-refractivity contribution is 0.420. The minimum Gasteiger partial charge on any atom is -0.346 e. The summed E-state index contributed by atoms with van der Waals surface area (Å²) < 4.78 is 15.9. The summed E-state index contributed by atoms with van der Waals surface area (Å²) >= 11 is 6.05. The second kappa shape index (κ2) is 7.76. The highest BCUT2D eigenvalue weighted by molar-refractivity contribution is 6.31. The molecule has 3 heterocycles. The summed E-state index contributed by atoms with van der Waals surface area (Å²) in [6.07, 6.45) is 7.75. The number of H-pyrrole nitrogens is 1. The van der Waals surface area contributed by atoms with Gasteiger partial charge in [-0.05, 0) is 36.2 Å². The first kappa shape index (κ1) is 18.7. The number of rotatable bonds is 6. The maximum atomic E-state index is 13.7. The second-order valence-corrected chi connectivity index (χ2v) is 7.41. The first-order valence-corrected chi connectivity index (χ1v) is 9.93. The van der Waals surface area contributed by atoms with Crippen molar-refractivity contribution < 1.29 is 4.39 Å². The molecule has 0 radical (unpaired) electrons. The molecule has 0 saturated carbocycles. The monoisotopic (exact) mass is 396 g/mol. The Bertz CT molecular complexity index is 1110. The average molecular weight is 397 g/mol. The highest BCUT2D eigenvalue weighted by Gasteiger charge is 2.20. The minimum atomic E-state index is -0.430. The normalized spacial score (nSPS) is 11.6. The van der Waals surface area contributed by atoms with Crippen LogP contribution in [0.2, 0.25) is 5.02 Å². The van der Waals surface area contributed by atoms with Gasteiger partial charge in [-0.1, -0.05) is 38.3 Å². The fourth-order valence-electron chi connectivity index (χ4n) is 3.65. The summed E-state index contributed by atoms with van der Waals surface area (Å²) in [5.41, 5.74) is 4.47. The number of nitrogens with zero attached hydrogens (tertiary/aromatic N) is 3. The van der Waals surface area contributed by atoms with Crippen molar-refractivity contribution in [1.29, 1.82) is 0 Å². The number of imidazole rings is 1. The van der Waals surface area contributed by atoms with Crippen LogP contribution in [0.3, 0.4) is 0 Å². The maximum Gasteiger partial charge on any atom is 0.141 e. The van der Waals surface area contributed by atoms with Crippen molar-refractivity contribution in [2.24, 2.45) is 5.92 Å².